The number of fused-ring (bicyclic) bond motifs is 3. The quantitative estimate of drug-likeness (QED) is 0.589. The van der Waals surface area contributed by atoms with Crippen molar-refractivity contribution in [1.82, 2.24) is 0 Å². The summed E-state index contributed by atoms with van der Waals surface area (Å²) >= 11 is 0. The normalized spacial score (nSPS) is 80.1. The lowest BCUT2D eigenvalue weighted by Crippen LogP contribution is -1.91. The highest BCUT2D eigenvalue weighted by atomic mass is 15.1. The van der Waals surface area contributed by atoms with Gasteiger partial charge in [0.1, 0.15) is 0 Å². The van der Waals surface area contributed by atoms with E-state index in [1.807, 2.05) is 0 Å². The van der Waals surface area contributed by atoms with E-state index in [1.165, 1.54) is 6.42 Å². The fourth-order valence-electron chi connectivity index (χ4n) is 6.35. The van der Waals surface area contributed by atoms with Gasteiger partial charge in [-0.3, -0.25) is 0 Å². The Balaban J connectivity index is 1.48. The summed E-state index contributed by atoms with van der Waals surface area (Å²) in [6.07, 6.45) is 9.67. The van der Waals surface area contributed by atoms with E-state index in [1.54, 1.807) is 32.1 Å². The smallest absolute Gasteiger partial charge is 0.0164 e. The molecule has 0 saturated heterocycles. The Morgan fingerprint density at radius 1 is 1.00 bits per heavy atom. The van der Waals surface area contributed by atoms with Crippen LogP contribution in [-0.4, -0.2) is 0 Å². The summed E-state index contributed by atoms with van der Waals surface area (Å²) in [7, 11) is 0. The zero-order valence-corrected chi connectivity index (χ0v) is 9.40. The molecule has 5 aliphatic rings. The summed E-state index contributed by atoms with van der Waals surface area (Å²) in [6, 6.07) is 0. The number of rotatable bonds is 1. The van der Waals surface area contributed by atoms with Crippen molar-refractivity contribution in [1.29, 1.82) is 0 Å². The van der Waals surface area contributed by atoms with Crippen LogP contribution in [0.3, 0.4) is 0 Å². The van der Waals surface area contributed by atoms with Gasteiger partial charge in [0.2, 0.25) is 0 Å². The molecule has 5 rings (SSSR count). The van der Waals surface area contributed by atoms with Gasteiger partial charge in [0.05, 0.1) is 0 Å². The lowest BCUT2D eigenvalue weighted by Gasteiger charge is -1.94. The molecule has 0 aromatic heterocycles. The molecular weight excluding hydrogens is 168 g/mol. The molecule has 0 aliphatic heterocycles. The minimum Gasteiger partial charge on any atom is -0.0651 e. The highest BCUT2D eigenvalue weighted by Crippen LogP contribution is 3.10. The van der Waals surface area contributed by atoms with E-state index in [4.69, 9.17) is 0 Å². The predicted molar refractivity (Wildman–Crippen MR) is 55.8 cm³/mol. The molecule has 0 heteroatoms. The summed E-state index contributed by atoms with van der Waals surface area (Å²) in [4.78, 5) is 0. The second-order valence-corrected chi connectivity index (χ2v) is 7.42. The summed E-state index contributed by atoms with van der Waals surface area (Å²) in [5.74, 6) is 2.27. The molecule has 5 fully saturated rings. The van der Waals surface area contributed by atoms with Gasteiger partial charge >= 0.3 is 0 Å². The molecule has 6 unspecified atom stereocenters. The second-order valence-electron chi connectivity index (χ2n) is 7.42. The van der Waals surface area contributed by atoms with Gasteiger partial charge in [-0.15, -0.1) is 0 Å². The van der Waals surface area contributed by atoms with E-state index in [0.717, 1.165) is 33.5 Å². The van der Waals surface area contributed by atoms with Crippen LogP contribution in [-0.2, 0) is 0 Å². The zero-order valence-electron chi connectivity index (χ0n) is 9.40. The van der Waals surface area contributed by atoms with E-state index in [0.29, 0.717) is 0 Å². The first-order valence-electron chi connectivity index (χ1n) is 6.66. The van der Waals surface area contributed by atoms with Crippen molar-refractivity contribution in [3.05, 3.63) is 0 Å². The summed E-state index contributed by atoms with van der Waals surface area (Å²) in [5.41, 5.74) is 3.82. The van der Waals surface area contributed by atoms with Crippen LogP contribution in [0.15, 0.2) is 0 Å². The van der Waals surface area contributed by atoms with E-state index >= 15 is 0 Å². The van der Waals surface area contributed by atoms with Crippen molar-refractivity contribution in [2.45, 2.75) is 52.4 Å². The van der Waals surface area contributed by atoms with Crippen LogP contribution in [0, 0.1) is 33.5 Å². The monoisotopic (exact) mass is 188 g/mol. The average Bonchev–Trinajstić information content (AvgIpc) is 2.94. The maximum absolute atomic E-state index is 2.50. The summed E-state index contributed by atoms with van der Waals surface area (Å²) < 4.78 is 0. The van der Waals surface area contributed by atoms with E-state index in [2.05, 4.69) is 13.8 Å². The maximum Gasteiger partial charge on any atom is -0.0164 e. The van der Waals surface area contributed by atoms with Crippen molar-refractivity contribution in [2.24, 2.45) is 33.5 Å². The molecule has 5 saturated carbocycles. The van der Waals surface area contributed by atoms with Crippen LogP contribution in [0.2, 0.25) is 0 Å². The van der Waals surface area contributed by atoms with E-state index in [-0.39, 0.29) is 0 Å². The fourth-order valence-corrected chi connectivity index (χ4v) is 6.35. The molecule has 5 aliphatic carbocycles. The van der Waals surface area contributed by atoms with Crippen molar-refractivity contribution in [3.8, 4) is 0 Å². The molecule has 0 N–H and O–H groups in total. The molecule has 14 heavy (non-hydrogen) atoms. The van der Waals surface area contributed by atoms with Gasteiger partial charge in [-0.2, -0.15) is 0 Å². The summed E-state index contributed by atoms with van der Waals surface area (Å²) in [5, 5.41) is 0. The van der Waals surface area contributed by atoms with Gasteiger partial charge in [-0.1, -0.05) is 20.3 Å². The van der Waals surface area contributed by atoms with Crippen molar-refractivity contribution < 1.29 is 0 Å². The number of hydrogen-bond donors (Lipinski definition) is 0. The largest absolute Gasteiger partial charge is 0.0651 e. The molecule has 0 heterocycles. The molecule has 76 valence electrons. The predicted octanol–water partition coefficient (Wildman–Crippen LogP) is 3.61. The van der Waals surface area contributed by atoms with Crippen LogP contribution in [0.5, 0.6) is 0 Å². The minimum absolute atomic E-state index is 0.942. The Kier molecular flexibility index (Phi) is 0.753. The fraction of sp³-hybridized carbons (Fsp3) is 1.00. The highest BCUT2D eigenvalue weighted by molar-refractivity contribution is 5.51. The van der Waals surface area contributed by atoms with Crippen LogP contribution >= 0.6 is 0 Å². The lowest BCUT2D eigenvalue weighted by atomic mass is 10.1. The first kappa shape index (κ1) is 7.30. The van der Waals surface area contributed by atoms with Gasteiger partial charge in [0.15, 0.2) is 0 Å². The van der Waals surface area contributed by atoms with Gasteiger partial charge in [0.25, 0.3) is 0 Å². The maximum atomic E-state index is 2.50. The van der Waals surface area contributed by atoms with Crippen LogP contribution in [0.4, 0.5) is 0 Å². The Morgan fingerprint density at radius 2 is 1.64 bits per heavy atom. The lowest BCUT2D eigenvalue weighted by molar-refractivity contribution is 0.520. The van der Waals surface area contributed by atoms with Crippen molar-refractivity contribution >= 4 is 0 Å². The second kappa shape index (κ2) is 1.44. The van der Waals surface area contributed by atoms with Crippen LogP contribution in [0.1, 0.15) is 52.4 Å². The van der Waals surface area contributed by atoms with Gasteiger partial charge in [0, 0.05) is 0 Å². The molecule has 6 atom stereocenters. The third-order valence-corrected chi connectivity index (χ3v) is 7.46. The SMILES string of the molecule is CCC1CC12CC21CC12CC21CC1C. The van der Waals surface area contributed by atoms with Crippen molar-refractivity contribution in [2.75, 3.05) is 0 Å². The highest BCUT2D eigenvalue weighted by Gasteiger charge is 3.03. The Bertz CT molecular complexity index is 372. The van der Waals surface area contributed by atoms with Gasteiger partial charge < -0.3 is 0 Å². The number of hydrogen-bond acceptors (Lipinski definition) is 0. The van der Waals surface area contributed by atoms with Gasteiger partial charge in [-0.05, 0) is 65.6 Å². The Hall–Kier alpha value is 0. The van der Waals surface area contributed by atoms with Gasteiger partial charge in [-0.25, -0.2) is 0 Å². The standard InChI is InChI=1S/C14H20/c1-3-10-5-12(10)7-14(12)8-13(14)6-11(13)4-9(11)2/h9-10H,3-8H2,1-2H3. The van der Waals surface area contributed by atoms with Crippen LogP contribution in [0.25, 0.3) is 0 Å². The van der Waals surface area contributed by atoms with Crippen molar-refractivity contribution in [3.63, 3.8) is 0 Å². The molecular formula is C14H20. The average molecular weight is 188 g/mol. The minimum atomic E-state index is 0.942. The Morgan fingerprint density at radius 3 is 2.14 bits per heavy atom. The molecule has 0 amide bonds. The molecule has 0 bridgehead atoms. The third-order valence-electron chi connectivity index (χ3n) is 7.46. The van der Waals surface area contributed by atoms with E-state index in [9.17, 15) is 0 Å². The van der Waals surface area contributed by atoms with Crippen LogP contribution < -0.4 is 0 Å². The Labute approximate surface area is 86.5 Å². The first-order chi connectivity index (χ1) is 6.66. The third kappa shape index (κ3) is 0.417. The molecule has 0 aromatic carbocycles. The molecule has 0 nitrogen and oxygen atoms in total. The molecule has 0 aromatic rings. The van der Waals surface area contributed by atoms with E-state index < -0.39 is 0 Å². The summed E-state index contributed by atoms with van der Waals surface area (Å²) in [6.45, 7) is 4.91. The molecule has 4 spiro atoms. The first-order valence-corrected chi connectivity index (χ1v) is 6.66. The molecule has 0 radical (unpaired) electrons. The zero-order chi connectivity index (χ0) is 9.40. The topological polar surface area (TPSA) is 0 Å².